The van der Waals surface area contributed by atoms with Gasteiger partial charge in [-0.2, -0.15) is 0 Å². The molecule has 1 aliphatic rings. The highest BCUT2D eigenvalue weighted by Crippen LogP contribution is 2.45. The Morgan fingerprint density at radius 1 is 0.857 bits per heavy atom. The minimum Gasteiger partial charge on any atom is -0.301 e. The summed E-state index contributed by atoms with van der Waals surface area (Å²) in [7, 11) is 0. The van der Waals surface area contributed by atoms with Crippen LogP contribution >= 0.6 is 11.3 Å². The van der Waals surface area contributed by atoms with Crippen LogP contribution in [0.15, 0.2) is 60.7 Å². The van der Waals surface area contributed by atoms with Crippen LogP contribution in [0.25, 0.3) is 0 Å². The molecule has 0 saturated heterocycles. The second-order valence-electron chi connectivity index (χ2n) is 5.06. The van der Waals surface area contributed by atoms with Gasteiger partial charge in [0.25, 0.3) is 0 Å². The normalized spacial score (nSPS) is 12.7. The quantitative estimate of drug-likeness (QED) is 0.488. The Balaban J connectivity index is 1.94. The summed E-state index contributed by atoms with van der Waals surface area (Å²) in [6.45, 7) is 0. The number of aldehydes is 1. The Kier molecular flexibility index (Phi) is 2.86. The van der Waals surface area contributed by atoms with Crippen LogP contribution in [-0.4, -0.2) is 6.29 Å². The van der Waals surface area contributed by atoms with Gasteiger partial charge in [-0.05, 0) is 35.4 Å². The average Bonchev–Trinajstić information content (AvgIpc) is 3.01. The van der Waals surface area contributed by atoms with Gasteiger partial charge >= 0.3 is 0 Å². The van der Waals surface area contributed by atoms with Crippen molar-refractivity contribution < 1.29 is 4.79 Å². The second kappa shape index (κ2) is 4.86. The van der Waals surface area contributed by atoms with Gasteiger partial charge in [0.05, 0.1) is 16.3 Å². The summed E-state index contributed by atoms with van der Waals surface area (Å²) in [6, 6.07) is 20.8. The van der Waals surface area contributed by atoms with Crippen LogP contribution in [0.5, 0.6) is 0 Å². The summed E-state index contributed by atoms with van der Waals surface area (Å²) in [5.41, 5.74) is 5.04. The van der Waals surface area contributed by atoms with Gasteiger partial charge in [0.1, 0.15) is 5.00 Å². The number of nitrogens with zero attached hydrogens (tertiary/aromatic N) is 1. The summed E-state index contributed by atoms with van der Waals surface area (Å²) in [5, 5.41) is 1.08. The number of hydrogen-bond acceptors (Lipinski definition) is 3. The number of carbonyl (C=O) groups excluding carboxylic acids is 1. The molecule has 0 fully saturated rings. The number of para-hydroxylation sites is 2. The van der Waals surface area contributed by atoms with Crippen molar-refractivity contribution in [3.05, 3.63) is 76.7 Å². The molecule has 0 aliphatic carbocycles. The molecule has 4 rings (SSSR count). The fraction of sp³-hybridized carbons (Fsp3) is 0.0556. The predicted octanol–water partition coefficient (Wildman–Crippen LogP) is 4.93. The summed E-state index contributed by atoms with van der Waals surface area (Å²) < 4.78 is 0. The SMILES string of the molecule is O=Cc1ccc(N2c3ccccc3Cc3ccccc32)s1. The molecule has 0 radical (unpaired) electrons. The molecule has 0 bridgehead atoms. The van der Waals surface area contributed by atoms with Crippen molar-refractivity contribution >= 4 is 34.0 Å². The van der Waals surface area contributed by atoms with E-state index in [0.717, 1.165) is 22.6 Å². The maximum Gasteiger partial charge on any atom is 0.160 e. The van der Waals surface area contributed by atoms with Gasteiger partial charge < -0.3 is 4.90 Å². The Bertz CT molecular complexity index is 776. The van der Waals surface area contributed by atoms with E-state index in [9.17, 15) is 4.79 Å². The van der Waals surface area contributed by atoms with Crippen molar-refractivity contribution in [3.8, 4) is 0 Å². The fourth-order valence-corrected chi connectivity index (χ4v) is 3.70. The third-order valence-electron chi connectivity index (χ3n) is 3.80. The molecule has 0 amide bonds. The van der Waals surface area contributed by atoms with Crippen LogP contribution in [0.2, 0.25) is 0 Å². The van der Waals surface area contributed by atoms with E-state index in [4.69, 9.17) is 0 Å². The lowest BCUT2D eigenvalue weighted by molar-refractivity contribution is 0.112. The molecule has 0 unspecified atom stereocenters. The Morgan fingerprint density at radius 3 is 2.05 bits per heavy atom. The number of carbonyl (C=O) groups is 1. The van der Waals surface area contributed by atoms with Gasteiger partial charge in [-0.3, -0.25) is 4.79 Å². The maximum atomic E-state index is 11.0. The zero-order valence-electron chi connectivity index (χ0n) is 11.3. The van der Waals surface area contributed by atoms with Gasteiger partial charge in [-0.25, -0.2) is 0 Å². The first-order valence-electron chi connectivity index (χ1n) is 6.88. The third-order valence-corrected chi connectivity index (χ3v) is 4.79. The second-order valence-corrected chi connectivity index (χ2v) is 6.16. The monoisotopic (exact) mass is 291 g/mol. The van der Waals surface area contributed by atoms with Crippen molar-refractivity contribution in [1.82, 2.24) is 0 Å². The molecule has 2 aromatic carbocycles. The molecule has 1 aromatic heterocycles. The molecular weight excluding hydrogens is 278 g/mol. The van der Waals surface area contributed by atoms with E-state index in [1.54, 1.807) is 0 Å². The van der Waals surface area contributed by atoms with E-state index in [1.165, 1.54) is 33.8 Å². The van der Waals surface area contributed by atoms with Crippen LogP contribution in [0, 0.1) is 0 Å². The number of anilines is 3. The first-order chi connectivity index (χ1) is 10.4. The highest BCUT2D eigenvalue weighted by molar-refractivity contribution is 7.17. The Labute approximate surface area is 127 Å². The Morgan fingerprint density at radius 2 is 1.48 bits per heavy atom. The topological polar surface area (TPSA) is 20.3 Å². The predicted molar refractivity (Wildman–Crippen MR) is 87.2 cm³/mol. The van der Waals surface area contributed by atoms with Crippen LogP contribution in [0.1, 0.15) is 20.8 Å². The lowest BCUT2D eigenvalue weighted by Gasteiger charge is -2.32. The van der Waals surface area contributed by atoms with Crippen LogP contribution in [0.3, 0.4) is 0 Å². The summed E-state index contributed by atoms with van der Waals surface area (Å²) >= 11 is 1.52. The largest absolute Gasteiger partial charge is 0.301 e. The first-order valence-corrected chi connectivity index (χ1v) is 7.69. The van der Waals surface area contributed by atoms with Gasteiger partial charge in [0.2, 0.25) is 0 Å². The molecule has 21 heavy (non-hydrogen) atoms. The molecule has 3 aromatic rings. The summed E-state index contributed by atoms with van der Waals surface area (Å²) in [6.07, 6.45) is 1.87. The van der Waals surface area contributed by atoms with Crippen molar-refractivity contribution in [2.45, 2.75) is 6.42 Å². The third kappa shape index (κ3) is 1.98. The van der Waals surface area contributed by atoms with E-state index >= 15 is 0 Å². The molecule has 0 atom stereocenters. The highest BCUT2D eigenvalue weighted by Gasteiger charge is 2.24. The molecule has 3 heteroatoms. The number of fused-ring (bicyclic) bond motifs is 2. The number of rotatable bonds is 2. The zero-order chi connectivity index (χ0) is 14.2. The number of benzene rings is 2. The van der Waals surface area contributed by atoms with E-state index < -0.39 is 0 Å². The van der Waals surface area contributed by atoms with E-state index in [-0.39, 0.29) is 0 Å². The molecule has 102 valence electrons. The number of thiophene rings is 1. The maximum absolute atomic E-state index is 11.0. The van der Waals surface area contributed by atoms with Gasteiger partial charge in [0.15, 0.2) is 6.29 Å². The van der Waals surface area contributed by atoms with Gasteiger partial charge in [-0.1, -0.05) is 36.4 Å². The van der Waals surface area contributed by atoms with E-state index in [2.05, 4.69) is 53.4 Å². The van der Waals surface area contributed by atoms with Crippen molar-refractivity contribution in [3.63, 3.8) is 0 Å². The van der Waals surface area contributed by atoms with Crippen LogP contribution in [-0.2, 0) is 6.42 Å². The van der Waals surface area contributed by atoms with Gasteiger partial charge in [0, 0.05) is 6.42 Å². The number of hydrogen-bond donors (Lipinski definition) is 0. The van der Waals surface area contributed by atoms with E-state index in [0.29, 0.717) is 0 Å². The lowest BCUT2D eigenvalue weighted by Crippen LogP contribution is -2.17. The smallest absolute Gasteiger partial charge is 0.160 e. The summed E-state index contributed by atoms with van der Waals surface area (Å²) in [4.78, 5) is 14.0. The molecule has 1 aliphatic heterocycles. The van der Waals surface area contributed by atoms with Gasteiger partial charge in [-0.15, -0.1) is 11.3 Å². The molecule has 0 N–H and O–H groups in total. The standard InChI is InChI=1S/C18H13NOS/c20-12-15-9-10-18(21-15)19-16-7-3-1-5-13(16)11-14-6-2-4-8-17(14)19/h1-10,12H,11H2. The lowest BCUT2D eigenvalue weighted by atomic mass is 9.96. The minimum atomic E-state index is 0.755. The highest BCUT2D eigenvalue weighted by atomic mass is 32.1. The average molecular weight is 291 g/mol. The molecule has 2 nitrogen and oxygen atoms in total. The fourth-order valence-electron chi connectivity index (χ4n) is 2.86. The minimum absolute atomic E-state index is 0.755. The van der Waals surface area contributed by atoms with Crippen molar-refractivity contribution in [2.24, 2.45) is 0 Å². The van der Waals surface area contributed by atoms with Crippen molar-refractivity contribution in [1.29, 1.82) is 0 Å². The molecule has 2 heterocycles. The first kappa shape index (κ1) is 12.4. The Hall–Kier alpha value is -2.39. The van der Waals surface area contributed by atoms with E-state index in [1.807, 2.05) is 12.1 Å². The van der Waals surface area contributed by atoms with Crippen LogP contribution < -0.4 is 4.90 Å². The van der Waals surface area contributed by atoms with Crippen molar-refractivity contribution in [2.75, 3.05) is 4.90 Å². The molecule has 0 saturated carbocycles. The molecule has 0 spiro atoms. The molecular formula is C18H13NOS. The zero-order valence-corrected chi connectivity index (χ0v) is 12.1. The van der Waals surface area contributed by atoms with Crippen LogP contribution in [0.4, 0.5) is 16.4 Å². The summed E-state index contributed by atoms with van der Waals surface area (Å²) in [5.74, 6) is 0.